The highest BCUT2D eigenvalue weighted by Crippen LogP contribution is 2.38. The van der Waals surface area contributed by atoms with Gasteiger partial charge in [-0.05, 0) is 35.4 Å². The van der Waals surface area contributed by atoms with Crippen molar-refractivity contribution in [2.45, 2.75) is 6.54 Å². The van der Waals surface area contributed by atoms with Crippen LogP contribution >= 0.6 is 11.3 Å². The zero-order valence-corrected chi connectivity index (χ0v) is 17.8. The van der Waals surface area contributed by atoms with Gasteiger partial charge in [-0.25, -0.2) is 9.97 Å². The van der Waals surface area contributed by atoms with Crippen molar-refractivity contribution in [3.8, 4) is 28.4 Å². The van der Waals surface area contributed by atoms with Gasteiger partial charge < -0.3 is 10.1 Å². The topological polar surface area (TPSA) is 59.9 Å². The molecule has 0 fully saturated rings. The monoisotopic (exact) mass is 424 g/mol. The number of benzene rings is 2. The third-order valence-corrected chi connectivity index (χ3v) is 5.90. The first-order valence-corrected chi connectivity index (χ1v) is 10.8. The minimum Gasteiger partial charge on any atom is -0.497 e. The molecule has 5 nitrogen and oxygen atoms in total. The van der Waals surface area contributed by atoms with Crippen molar-refractivity contribution in [1.82, 2.24) is 15.0 Å². The summed E-state index contributed by atoms with van der Waals surface area (Å²) in [6.45, 7) is 0.641. The zero-order chi connectivity index (χ0) is 21.0. The summed E-state index contributed by atoms with van der Waals surface area (Å²) in [5.41, 5.74) is 4.18. The maximum absolute atomic E-state index is 5.26. The van der Waals surface area contributed by atoms with E-state index in [2.05, 4.69) is 39.9 Å². The van der Waals surface area contributed by atoms with E-state index in [-0.39, 0.29) is 0 Å². The SMILES string of the molecule is COc1ccc(CNc2nc(-c3ccccn3)nc3scc(-c4ccccc4)c23)cc1. The number of thiophene rings is 1. The number of hydrogen-bond donors (Lipinski definition) is 1. The van der Waals surface area contributed by atoms with Crippen molar-refractivity contribution >= 4 is 27.4 Å². The molecule has 0 aliphatic rings. The Morgan fingerprint density at radius 2 is 1.71 bits per heavy atom. The van der Waals surface area contributed by atoms with Gasteiger partial charge in [0.15, 0.2) is 5.82 Å². The number of methoxy groups -OCH3 is 1. The molecule has 0 bridgehead atoms. The molecule has 0 aliphatic heterocycles. The minimum atomic E-state index is 0.617. The van der Waals surface area contributed by atoms with Crippen molar-refractivity contribution in [2.75, 3.05) is 12.4 Å². The predicted molar refractivity (Wildman–Crippen MR) is 126 cm³/mol. The highest BCUT2D eigenvalue weighted by Gasteiger charge is 2.16. The van der Waals surface area contributed by atoms with Crippen molar-refractivity contribution in [3.05, 3.63) is 89.9 Å². The number of anilines is 1. The van der Waals surface area contributed by atoms with Crippen LogP contribution in [0.3, 0.4) is 0 Å². The van der Waals surface area contributed by atoms with Gasteiger partial charge in [-0.2, -0.15) is 0 Å². The molecule has 31 heavy (non-hydrogen) atoms. The normalized spacial score (nSPS) is 10.9. The summed E-state index contributed by atoms with van der Waals surface area (Å²) in [5.74, 6) is 2.27. The van der Waals surface area contributed by atoms with Crippen molar-refractivity contribution < 1.29 is 4.74 Å². The van der Waals surface area contributed by atoms with Crippen LogP contribution in [0, 0.1) is 0 Å². The highest BCUT2D eigenvalue weighted by atomic mass is 32.1. The van der Waals surface area contributed by atoms with Crippen LogP contribution in [-0.2, 0) is 6.54 Å². The van der Waals surface area contributed by atoms with Crippen LogP contribution in [0.1, 0.15) is 5.56 Å². The molecule has 3 heterocycles. The molecule has 6 heteroatoms. The van der Waals surface area contributed by atoms with Crippen LogP contribution in [0.25, 0.3) is 32.9 Å². The third kappa shape index (κ3) is 3.98. The Bertz CT molecular complexity index is 1300. The first-order valence-electron chi connectivity index (χ1n) is 9.94. The van der Waals surface area contributed by atoms with E-state index in [0.29, 0.717) is 12.4 Å². The number of rotatable bonds is 6. The molecule has 3 aromatic heterocycles. The molecule has 0 radical (unpaired) electrons. The summed E-state index contributed by atoms with van der Waals surface area (Å²) >= 11 is 1.62. The van der Waals surface area contributed by atoms with E-state index < -0.39 is 0 Å². The van der Waals surface area contributed by atoms with E-state index in [1.807, 2.05) is 48.5 Å². The second kappa shape index (κ2) is 8.53. The van der Waals surface area contributed by atoms with Crippen LogP contribution in [-0.4, -0.2) is 22.1 Å². The first-order chi connectivity index (χ1) is 15.3. The molecule has 152 valence electrons. The molecule has 0 atom stereocenters. The molecule has 0 unspecified atom stereocenters. The second-order valence-corrected chi connectivity index (χ2v) is 7.87. The maximum Gasteiger partial charge on any atom is 0.181 e. The fourth-order valence-electron chi connectivity index (χ4n) is 3.44. The van der Waals surface area contributed by atoms with Crippen LogP contribution in [0.4, 0.5) is 5.82 Å². The number of nitrogens with one attached hydrogen (secondary N) is 1. The van der Waals surface area contributed by atoms with Gasteiger partial charge in [-0.3, -0.25) is 4.98 Å². The summed E-state index contributed by atoms with van der Waals surface area (Å²) in [4.78, 5) is 15.1. The fraction of sp³-hybridized carbons (Fsp3) is 0.0800. The van der Waals surface area contributed by atoms with Gasteiger partial charge in [0.25, 0.3) is 0 Å². The summed E-state index contributed by atoms with van der Waals surface area (Å²) < 4.78 is 5.26. The summed E-state index contributed by atoms with van der Waals surface area (Å²) in [5, 5.41) is 6.71. The van der Waals surface area contributed by atoms with E-state index >= 15 is 0 Å². The number of pyridine rings is 1. The molecule has 1 N–H and O–H groups in total. The second-order valence-electron chi connectivity index (χ2n) is 7.01. The highest BCUT2D eigenvalue weighted by molar-refractivity contribution is 7.17. The van der Waals surface area contributed by atoms with Gasteiger partial charge in [0.2, 0.25) is 0 Å². The lowest BCUT2D eigenvalue weighted by Gasteiger charge is -2.11. The van der Waals surface area contributed by atoms with E-state index in [9.17, 15) is 0 Å². The molecule has 5 aromatic rings. The number of nitrogens with zero attached hydrogens (tertiary/aromatic N) is 3. The van der Waals surface area contributed by atoms with E-state index in [0.717, 1.165) is 44.2 Å². The molecule has 0 amide bonds. The Kier molecular flexibility index (Phi) is 5.29. The smallest absolute Gasteiger partial charge is 0.181 e. The van der Waals surface area contributed by atoms with Crippen molar-refractivity contribution in [3.63, 3.8) is 0 Å². The summed E-state index contributed by atoms with van der Waals surface area (Å²) in [7, 11) is 1.67. The fourth-order valence-corrected chi connectivity index (χ4v) is 4.39. The Balaban J connectivity index is 1.59. The van der Waals surface area contributed by atoms with Gasteiger partial charge in [0.1, 0.15) is 22.1 Å². The Hall–Kier alpha value is -3.77. The number of hydrogen-bond acceptors (Lipinski definition) is 6. The van der Waals surface area contributed by atoms with E-state index in [1.54, 1.807) is 24.6 Å². The molecule has 0 saturated heterocycles. The molecule has 0 saturated carbocycles. The van der Waals surface area contributed by atoms with Gasteiger partial charge >= 0.3 is 0 Å². The molecule has 0 aliphatic carbocycles. The zero-order valence-electron chi connectivity index (χ0n) is 16.9. The lowest BCUT2D eigenvalue weighted by molar-refractivity contribution is 0.414. The van der Waals surface area contributed by atoms with Gasteiger partial charge in [0, 0.05) is 23.7 Å². The third-order valence-electron chi connectivity index (χ3n) is 5.03. The van der Waals surface area contributed by atoms with Gasteiger partial charge in [-0.15, -0.1) is 11.3 Å². The standard InChI is InChI=1S/C25H20N4OS/c1-30-19-12-10-17(11-13-19)15-27-24-22-20(18-7-3-2-4-8-18)16-31-25(22)29-23(28-24)21-9-5-6-14-26-21/h2-14,16H,15H2,1H3,(H,27,28,29). The van der Waals surface area contributed by atoms with E-state index in [1.165, 1.54) is 0 Å². The Morgan fingerprint density at radius 3 is 2.45 bits per heavy atom. The number of ether oxygens (including phenoxy) is 1. The summed E-state index contributed by atoms with van der Waals surface area (Å²) in [6.07, 6.45) is 1.76. The van der Waals surface area contributed by atoms with E-state index in [4.69, 9.17) is 14.7 Å². The molecule has 5 rings (SSSR count). The van der Waals surface area contributed by atoms with Crippen LogP contribution in [0.5, 0.6) is 5.75 Å². The van der Waals surface area contributed by atoms with Crippen LogP contribution in [0.15, 0.2) is 84.4 Å². The van der Waals surface area contributed by atoms with Gasteiger partial charge in [0.05, 0.1) is 12.5 Å². The largest absolute Gasteiger partial charge is 0.497 e. The van der Waals surface area contributed by atoms with Crippen molar-refractivity contribution in [2.24, 2.45) is 0 Å². The first kappa shape index (κ1) is 19.2. The average Bonchev–Trinajstić information content (AvgIpc) is 3.28. The van der Waals surface area contributed by atoms with Crippen molar-refractivity contribution in [1.29, 1.82) is 0 Å². The van der Waals surface area contributed by atoms with Crippen LogP contribution in [0.2, 0.25) is 0 Å². The van der Waals surface area contributed by atoms with Gasteiger partial charge in [-0.1, -0.05) is 48.5 Å². The average molecular weight is 425 g/mol. The Morgan fingerprint density at radius 1 is 0.903 bits per heavy atom. The molecule has 2 aromatic carbocycles. The maximum atomic E-state index is 5.26. The quantitative estimate of drug-likeness (QED) is 0.360. The number of aromatic nitrogens is 3. The Labute approximate surface area is 184 Å². The molecular weight excluding hydrogens is 404 g/mol. The minimum absolute atomic E-state index is 0.617. The number of fused-ring (bicyclic) bond motifs is 1. The molecule has 0 spiro atoms. The lowest BCUT2D eigenvalue weighted by Crippen LogP contribution is -2.04. The summed E-state index contributed by atoms with van der Waals surface area (Å²) in [6, 6.07) is 24.1. The predicted octanol–water partition coefficient (Wildman–Crippen LogP) is 6.04. The lowest BCUT2D eigenvalue weighted by atomic mass is 10.1. The van der Waals surface area contributed by atoms with Crippen LogP contribution < -0.4 is 10.1 Å². The molecular formula is C25H20N4OS.